The normalized spacial score (nSPS) is 19.4. The van der Waals surface area contributed by atoms with Crippen molar-refractivity contribution in [1.29, 1.82) is 0 Å². The van der Waals surface area contributed by atoms with Crippen molar-refractivity contribution in [3.8, 4) is 5.75 Å². The van der Waals surface area contributed by atoms with Gasteiger partial charge in [0.05, 0.1) is 13.2 Å². The first-order valence-electron chi connectivity index (χ1n) is 6.98. The Morgan fingerprint density at radius 3 is 2.52 bits per heavy atom. The van der Waals surface area contributed by atoms with Gasteiger partial charge >= 0.3 is 0 Å². The molecule has 1 aromatic rings. The molecule has 0 aliphatic carbocycles. The molecule has 1 fully saturated rings. The third-order valence-electron chi connectivity index (χ3n) is 3.99. The summed E-state index contributed by atoms with van der Waals surface area (Å²) in [6.07, 6.45) is 0.920. The highest BCUT2D eigenvalue weighted by Gasteiger charge is 2.32. The molecule has 1 atom stereocenters. The number of hydrogen-bond acceptors (Lipinski definition) is 5. The second-order valence-electron chi connectivity index (χ2n) is 5.39. The number of methoxy groups -OCH3 is 1. The first kappa shape index (κ1) is 16.1. The van der Waals surface area contributed by atoms with E-state index in [0.717, 1.165) is 0 Å². The molecule has 1 heterocycles. The van der Waals surface area contributed by atoms with E-state index in [0.29, 0.717) is 31.6 Å². The zero-order valence-electron chi connectivity index (χ0n) is 12.3. The molecule has 21 heavy (non-hydrogen) atoms. The minimum atomic E-state index is -3.60. The minimum absolute atomic E-state index is 0.134. The van der Waals surface area contributed by atoms with Gasteiger partial charge in [-0.05, 0) is 37.8 Å². The van der Waals surface area contributed by atoms with Gasteiger partial charge < -0.3 is 15.6 Å². The largest absolute Gasteiger partial charge is 0.495 e. The lowest BCUT2D eigenvalue weighted by Gasteiger charge is -2.32. The third-order valence-corrected chi connectivity index (χ3v) is 5.92. The fourth-order valence-corrected chi connectivity index (χ4v) is 4.24. The molecule has 118 valence electrons. The van der Waals surface area contributed by atoms with Crippen molar-refractivity contribution in [2.45, 2.75) is 30.8 Å². The number of hydrogen-bond donors (Lipinski definition) is 2. The number of anilines is 1. The zero-order chi connectivity index (χ0) is 15.6. The molecular weight excluding hydrogens is 292 g/mol. The highest BCUT2D eigenvalue weighted by molar-refractivity contribution is 7.89. The van der Waals surface area contributed by atoms with Crippen molar-refractivity contribution in [1.82, 2.24) is 4.31 Å². The maximum absolute atomic E-state index is 12.7. The van der Waals surface area contributed by atoms with Crippen LogP contribution in [0.5, 0.6) is 5.75 Å². The standard InChI is InChI=1S/C14H22N2O4S/c1-10(17)11-5-7-16(8-6-11)21(18,19)14-4-3-12(15)9-13(14)20-2/h3-4,9-11,17H,5-8,15H2,1-2H3. The van der Waals surface area contributed by atoms with E-state index in [1.54, 1.807) is 13.0 Å². The lowest BCUT2D eigenvalue weighted by molar-refractivity contribution is 0.0911. The number of rotatable bonds is 4. The molecule has 6 nitrogen and oxygen atoms in total. The SMILES string of the molecule is COc1cc(N)ccc1S(=O)(=O)N1CCC(C(C)O)CC1. The molecule has 0 amide bonds. The first-order chi connectivity index (χ1) is 9.86. The Labute approximate surface area is 125 Å². The van der Waals surface area contributed by atoms with E-state index in [1.165, 1.54) is 23.5 Å². The van der Waals surface area contributed by atoms with Crippen molar-refractivity contribution in [2.24, 2.45) is 5.92 Å². The molecule has 0 bridgehead atoms. The Hall–Kier alpha value is -1.31. The van der Waals surface area contributed by atoms with Crippen LogP contribution < -0.4 is 10.5 Å². The van der Waals surface area contributed by atoms with E-state index < -0.39 is 16.1 Å². The maximum atomic E-state index is 12.7. The number of benzene rings is 1. The number of piperidine rings is 1. The Balaban J connectivity index is 2.24. The lowest BCUT2D eigenvalue weighted by atomic mass is 9.93. The molecule has 0 radical (unpaired) electrons. The molecule has 1 unspecified atom stereocenters. The quantitative estimate of drug-likeness (QED) is 0.811. The summed E-state index contributed by atoms with van der Waals surface area (Å²) < 4.78 is 32.0. The van der Waals surface area contributed by atoms with E-state index in [2.05, 4.69) is 0 Å². The van der Waals surface area contributed by atoms with Crippen LogP contribution in [0.2, 0.25) is 0 Å². The van der Waals surface area contributed by atoms with Crippen molar-refractivity contribution in [3.05, 3.63) is 18.2 Å². The number of nitrogens with zero attached hydrogens (tertiary/aromatic N) is 1. The first-order valence-corrected chi connectivity index (χ1v) is 8.42. The molecule has 3 N–H and O–H groups in total. The summed E-state index contributed by atoms with van der Waals surface area (Å²) in [7, 11) is -2.18. The Morgan fingerprint density at radius 1 is 1.38 bits per heavy atom. The van der Waals surface area contributed by atoms with Crippen LogP contribution in [-0.4, -0.2) is 44.1 Å². The molecule has 0 spiro atoms. The van der Waals surface area contributed by atoms with Crippen LogP contribution >= 0.6 is 0 Å². The van der Waals surface area contributed by atoms with E-state index in [4.69, 9.17) is 10.5 Å². The Kier molecular flexibility index (Phi) is 4.75. The summed E-state index contributed by atoms with van der Waals surface area (Å²) in [6, 6.07) is 4.54. The topological polar surface area (TPSA) is 92.9 Å². The molecule has 1 saturated heterocycles. The molecular formula is C14H22N2O4S. The van der Waals surface area contributed by atoms with Crippen LogP contribution in [0.25, 0.3) is 0 Å². The van der Waals surface area contributed by atoms with Gasteiger partial charge in [-0.1, -0.05) is 0 Å². The summed E-state index contributed by atoms with van der Waals surface area (Å²) in [5.41, 5.74) is 6.12. The summed E-state index contributed by atoms with van der Waals surface area (Å²) in [4.78, 5) is 0.134. The summed E-state index contributed by atoms with van der Waals surface area (Å²) in [5, 5.41) is 9.59. The van der Waals surface area contributed by atoms with Crippen LogP contribution in [0.3, 0.4) is 0 Å². The summed E-state index contributed by atoms with van der Waals surface area (Å²) in [6.45, 7) is 2.56. The second-order valence-corrected chi connectivity index (χ2v) is 7.30. The van der Waals surface area contributed by atoms with Crippen LogP contribution in [0.15, 0.2) is 23.1 Å². The third kappa shape index (κ3) is 3.30. The van der Waals surface area contributed by atoms with E-state index in [9.17, 15) is 13.5 Å². The summed E-state index contributed by atoms with van der Waals surface area (Å²) in [5.74, 6) is 0.414. The van der Waals surface area contributed by atoms with Gasteiger partial charge in [-0.2, -0.15) is 4.31 Å². The van der Waals surface area contributed by atoms with E-state index in [1.807, 2.05) is 0 Å². The number of nitrogens with two attached hydrogens (primary N) is 1. The van der Waals surface area contributed by atoms with Gasteiger partial charge in [-0.25, -0.2) is 8.42 Å². The predicted molar refractivity (Wildman–Crippen MR) is 80.6 cm³/mol. The van der Waals surface area contributed by atoms with Gasteiger partial charge in [0.2, 0.25) is 10.0 Å². The van der Waals surface area contributed by atoms with Crippen LogP contribution in [0, 0.1) is 5.92 Å². The molecule has 7 heteroatoms. The Morgan fingerprint density at radius 2 is 2.00 bits per heavy atom. The smallest absolute Gasteiger partial charge is 0.246 e. The van der Waals surface area contributed by atoms with Gasteiger partial charge in [0, 0.05) is 24.8 Å². The predicted octanol–water partition coefficient (Wildman–Crippen LogP) is 1.06. The molecule has 0 aromatic heterocycles. The fraction of sp³-hybridized carbons (Fsp3) is 0.571. The van der Waals surface area contributed by atoms with E-state index in [-0.39, 0.29) is 16.6 Å². The Bertz CT molecular complexity index is 593. The average molecular weight is 314 g/mol. The van der Waals surface area contributed by atoms with Crippen molar-refractivity contribution >= 4 is 15.7 Å². The second kappa shape index (κ2) is 6.21. The number of ether oxygens (including phenoxy) is 1. The fourth-order valence-electron chi connectivity index (χ4n) is 2.63. The van der Waals surface area contributed by atoms with Gasteiger partial charge in [0.1, 0.15) is 10.6 Å². The highest BCUT2D eigenvalue weighted by Crippen LogP contribution is 2.31. The van der Waals surface area contributed by atoms with Gasteiger partial charge in [-0.15, -0.1) is 0 Å². The average Bonchev–Trinajstić information content (AvgIpc) is 2.46. The van der Waals surface area contributed by atoms with Crippen LogP contribution in [-0.2, 0) is 10.0 Å². The summed E-state index contributed by atoms with van der Waals surface area (Å²) >= 11 is 0. The molecule has 1 aliphatic rings. The number of sulfonamides is 1. The van der Waals surface area contributed by atoms with Crippen molar-refractivity contribution in [2.75, 3.05) is 25.9 Å². The van der Waals surface area contributed by atoms with Gasteiger partial charge in [0.15, 0.2) is 0 Å². The number of aliphatic hydroxyl groups is 1. The molecule has 0 saturated carbocycles. The monoisotopic (exact) mass is 314 g/mol. The van der Waals surface area contributed by atoms with Crippen LogP contribution in [0.1, 0.15) is 19.8 Å². The zero-order valence-corrected chi connectivity index (χ0v) is 13.1. The van der Waals surface area contributed by atoms with Crippen molar-refractivity contribution in [3.63, 3.8) is 0 Å². The number of aliphatic hydroxyl groups excluding tert-OH is 1. The van der Waals surface area contributed by atoms with E-state index >= 15 is 0 Å². The van der Waals surface area contributed by atoms with Crippen LogP contribution in [0.4, 0.5) is 5.69 Å². The maximum Gasteiger partial charge on any atom is 0.246 e. The minimum Gasteiger partial charge on any atom is -0.495 e. The van der Waals surface area contributed by atoms with Gasteiger partial charge in [-0.3, -0.25) is 0 Å². The molecule has 1 aromatic carbocycles. The highest BCUT2D eigenvalue weighted by atomic mass is 32.2. The lowest BCUT2D eigenvalue weighted by Crippen LogP contribution is -2.40. The number of nitrogen functional groups attached to an aromatic ring is 1. The van der Waals surface area contributed by atoms with Crippen molar-refractivity contribution < 1.29 is 18.3 Å². The van der Waals surface area contributed by atoms with Gasteiger partial charge in [0.25, 0.3) is 0 Å². The molecule has 2 rings (SSSR count). The molecule has 1 aliphatic heterocycles.